The molecule has 110 valence electrons. The van der Waals surface area contributed by atoms with Gasteiger partial charge in [0.1, 0.15) is 17.1 Å². The zero-order valence-electron chi connectivity index (χ0n) is 12.0. The minimum absolute atomic E-state index is 0.353. The molecule has 21 heavy (non-hydrogen) atoms. The van der Waals surface area contributed by atoms with Gasteiger partial charge in [0.2, 0.25) is 0 Å². The number of nitrogens with zero attached hydrogens (tertiary/aromatic N) is 3. The van der Waals surface area contributed by atoms with Crippen LogP contribution >= 0.6 is 12.2 Å². The molecule has 0 fully saturated rings. The van der Waals surface area contributed by atoms with E-state index in [-0.39, 0.29) is 5.82 Å². The third-order valence-corrected chi connectivity index (χ3v) is 3.71. The Kier molecular flexibility index (Phi) is 3.29. The van der Waals surface area contributed by atoms with Gasteiger partial charge in [0.05, 0.1) is 18.5 Å². The maximum atomic E-state index is 13.4. The molecule has 0 aliphatic heterocycles. The molecule has 0 spiro atoms. The van der Waals surface area contributed by atoms with Crippen LogP contribution in [0.2, 0.25) is 0 Å². The van der Waals surface area contributed by atoms with Crippen molar-refractivity contribution >= 4 is 23.4 Å². The van der Waals surface area contributed by atoms with Gasteiger partial charge in [0.25, 0.3) is 0 Å². The summed E-state index contributed by atoms with van der Waals surface area (Å²) in [5.74, 6) is 0.0718. The Morgan fingerprint density at radius 1 is 1.43 bits per heavy atom. The monoisotopic (exact) mass is 306 g/mol. The molecule has 5 nitrogen and oxygen atoms in total. The molecule has 0 aliphatic carbocycles. The third kappa shape index (κ3) is 2.04. The molecule has 2 aromatic heterocycles. The molecule has 7 heteroatoms. The summed E-state index contributed by atoms with van der Waals surface area (Å²) in [6, 6.07) is 4.38. The average Bonchev–Trinajstić information content (AvgIpc) is 2.96. The predicted molar refractivity (Wildman–Crippen MR) is 81.2 cm³/mol. The van der Waals surface area contributed by atoms with Gasteiger partial charge in [-0.1, -0.05) is 0 Å². The van der Waals surface area contributed by atoms with E-state index in [1.54, 1.807) is 6.07 Å². The summed E-state index contributed by atoms with van der Waals surface area (Å²) in [7, 11) is 1.51. The van der Waals surface area contributed by atoms with Gasteiger partial charge in [-0.15, -0.1) is 0 Å². The molecule has 3 rings (SSSR count). The van der Waals surface area contributed by atoms with E-state index in [2.05, 4.69) is 10.1 Å². The molecule has 0 aliphatic rings. The number of imidazole rings is 1. The first-order valence-corrected chi connectivity index (χ1v) is 6.99. The van der Waals surface area contributed by atoms with Gasteiger partial charge in [-0.2, -0.15) is 5.10 Å². The fourth-order valence-electron chi connectivity index (χ4n) is 2.48. The first kappa shape index (κ1) is 13.8. The van der Waals surface area contributed by atoms with Crippen LogP contribution in [0.15, 0.2) is 18.2 Å². The van der Waals surface area contributed by atoms with Crippen molar-refractivity contribution in [3.8, 4) is 11.4 Å². The molecule has 0 amide bonds. The Hall–Kier alpha value is -2.15. The van der Waals surface area contributed by atoms with Gasteiger partial charge in [-0.05, 0) is 38.2 Å². The predicted octanol–water partition coefficient (Wildman–Crippen LogP) is 3.36. The van der Waals surface area contributed by atoms with Crippen LogP contribution in [0.4, 0.5) is 4.39 Å². The number of methoxy groups -OCH3 is 1. The van der Waals surface area contributed by atoms with E-state index in [0.717, 1.165) is 16.9 Å². The second kappa shape index (κ2) is 5.00. The number of benzene rings is 1. The van der Waals surface area contributed by atoms with Crippen LogP contribution in [0.5, 0.6) is 5.75 Å². The Labute approximate surface area is 126 Å². The molecule has 1 N–H and O–H groups in total. The van der Waals surface area contributed by atoms with Crippen LogP contribution in [0.3, 0.4) is 0 Å². The summed E-state index contributed by atoms with van der Waals surface area (Å²) < 4.78 is 22.9. The zero-order valence-corrected chi connectivity index (χ0v) is 12.8. The van der Waals surface area contributed by atoms with Crippen molar-refractivity contribution in [1.82, 2.24) is 19.3 Å². The Morgan fingerprint density at radius 2 is 2.19 bits per heavy atom. The summed E-state index contributed by atoms with van der Waals surface area (Å²) in [6.07, 6.45) is 0. The van der Waals surface area contributed by atoms with Gasteiger partial charge in [-0.25, -0.2) is 9.07 Å². The van der Waals surface area contributed by atoms with Crippen molar-refractivity contribution in [3.63, 3.8) is 0 Å². The minimum atomic E-state index is -0.353. The first-order chi connectivity index (χ1) is 10.1. The lowest BCUT2D eigenvalue weighted by molar-refractivity contribution is 0.409. The van der Waals surface area contributed by atoms with E-state index in [9.17, 15) is 4.39 Å². The van der Waals surface area contributed by atoms with Crippen LogP contribution in [-0.2, 0) is 6.54 Å². The molecule has 0 bridgehead atoms. The lowest BCUT2D eigenvalue weighted by Gasteiger charge is -2.11. The highest BCUT2D eigenvalue weighted by molar-refractivity contribution is 7.71. The number of hydrogen-bond acceptors (Lipinski definition) is 3. The lowest BCUT2D eigenvalue weighted by atomic mass is 10.2. The maximum Gasteiger partial charge on any atom is 0.184 e. The standard InChI is InChI=1S/C14H15FN4OS/c1-4-18-13-12(8(2)17-18)16-14(21)19(13)10-6-5-9(15)7-11(10)20-3/h5-7H,4H2,1-3H3,(H,16,21). The number of rotatable bonds is 3. The van der Waals surface area contributed by atoms with Crippen molar-refractivity contribution in [2.75, 3.05) is 7.11 Å². The van der Waals surface area contributed by atoms with Crippen LogP contribution in [0.25, 0.3) is 16.9 Å². The van der Waals surface area contributed by atoms with E-state index in [4.69, 9.17) is 17.0 Å². The van der Waals surface area contributed by atoms with Gasteiger partial charge in [-0.3, -0.25) is 4.57 Å². The van der Waals surface area contributed by atoms with Gasteiger partial charge in [0.15, 0.2) is 10.4 Å². The summed E-state index contributed by atoms with van der Waals surface area (Å²) >= 11 is 5.41. The number of halogens is 1. The molecule has 3 aromatic rings. The third-order valence-electron chi connectivity index (χ3n) is 3.43. The number of aromatic nitrogens is 4. The van der Waals surface area contributed by atoms with Crippen molar-refractivity contribution in [2.45, 2.75) is 20.4 Å². The SMILES string of the molecule is CCn1nc(C)c2[nH]c(=S)n(-c3ccc(F)cc3OC)c21. The molecule has 0 radical (unpaired) electrons. The lowest BCUT2D eigenvalue weighted by Crippen LogP contribution is -2.05. The molecule has 0 saturated heterocycles. The average molecular weight is 306 g/mol. The second-order valence-corrected chi connectivity index (χ2v) is 5.07. The number of ether oxygens (including phenoxy) is 1. The van der Waals surface area contributed by atoms with E-state index in [1.165, 1.54) is 19.2 Å². The zero-order chi connectivity index (χ0) is 15.1. The van der Waals surface area contributed by atoms with Crippen LogP contribution in [0.1, 0.15) is 12.6 Å². The van der Waals surface area contributed by atoms with Gasteiger partial charge >= 0.3 is 0 Å². The number of aromatic amines is 1. The van der Waals surface area contributed by atoms with Crippen LogP contribution in [-0.4, -0.2) is 26.4 Å². The Bertz CT molecular complexity index is 877. The summed E-state index contributed by atoms with van der Waals surface area (Å²) in [4.78, 5) is 3.16. The van der Waals surface area contributed by atoms with Crippen molar-refractivity contribution in [1.29, 1.82) is 0 Å². The number of H-pyrrole nitrogens is 1. The molecule has 1 aromatic carbocycles. The molecule has 2 heterocycles. The van der Waals surface area contributed by atoms with Crippen molar-refractivity contribution in [2.24, 2.45) is 0 Å². The number of hydrogen-bond donors (Lipinski definition) is 1. The number of nitrogens with one attached hydrogen (secondary N) is 1. The van der Waals surface area contributed by atoms with E-state index < -0.39 is 0 Å². The van der Waals surface area contributed by atoms with Crippen LogP contribution in [0, 0.1) is 17.5 Å². The fraction of sp³-hybridized carbons (Fsp3) is 0.286. The Morgan fingerprint density at radius 3 is 2.86 bits per heavy atom. The quantitative estimate of drug-likeness (QED) is 0.755. The highest BCUT2D eigenvalue weighted by Gasteiger charge is 2.17. The second-order valence-electron chi connectivity index (χ2n) is 4.68. The maximum absolute atomic E-state index is 13.4. The van der Waals surface area contributed by atoms with E-state index >= 15 is 0 Å². The molecular weight excluding hydrogens is 291 g/mol. The molecular formula is C14H15FN4OS. The summed E-state index contributed by atoms with van der Waals surface area (Å²) in [5.41, 5.74) is 3.29. The number of fused-ring (bicyclic) bond motifs is 1. The summed E-state index contributed by atoms with van der Waals surface area (Å²) in [6.45, 7) is 4.64. The topological polar surface area (TPSA) is 47.8 Å². The number of aryl methyl sites for hydroxylation is 2. The van der Waals surface area contributed by atoms with Crippen LogP contribution < -0.4 is 4.74 Å². The van der Waals surface area contributed by atoms with E-state index in [1.807, 2.05) is 23.1 Å². The highest BCUT2D eigenvalue weighted by Crippen LogP contribution is 2.29. The highest BCUT2D eigenvalue weighted by atomic mass is 32.1. The van der Waals surface area contributed by atoms with Crippen molar-refractivity contribution < 1.29 is 9.13 Å². The smallest absolute Gasteiger partial charge is 0.184 e. The Balaban J connectivity index is 2.40. The fourth-order valence-corrected chi connectivity index (χ4v) is 2.77. The van der Waals surface area contributed by atoms with Crippen molar-refractivity contribution in [3.05, 3.63) is 34.5 Å². The first-order valence-electron chi connectivity index (χ1n) is 6.58. The van der Waals surface area contributed by atoms with E-state index in [0.29, 0.717) is 22.8 Å². The minimum Gasteiger partial charge on any atom is -0.494 e. The van der Waals surface area contributed by atoms with Gasteiger partial charge in [0, 0.05) is 12.6 Å². The normalized spacial score (nSPS) is 11.2. The van der Waals surface area contributed by atoms with Gasteiger partial charge < -0.3 is 9.72 Å². The largest absolute Gasteiger partial charge is 0.494 e. The molecule has 0 saturated carbocycles. The molecule has 0 atom stereocenters. The molecule has 0 unspecified atom stereocenters. The summed E-state index contributed by atoms with van der Waals surface area (Å²) in [5, 5.41) is 4.47.